The lowest BCUT2D eigenvalue weighted by Crippen LogP contribution is -2.07. The maximum absolute atomic E-state index is 14.1. The van der Waals surface area contributed by atoms with Crippen LogP contribution in [0.4, 0.5) is 10.2 Å². The average Bonchev–Trinajstić information content (AvgIpc) is 3.21. The largest absolute Gasteiger partial charge is 0.467 e. The van der Waals surface area contributed by atoms with Gasteiger partial charge in [-0.3, -0.25) is 0 Å². The summed E-state index contributed by atoms with van der Waals surface area (Å²) in [6.07, 6.45) is 1.60. The SMILES string of the molecule is Fc1ccccc1-c1nnc(-c2ccc(Cl)cc2)c(NCc2ccco2)n1. The van der Waals surface area contributed by atoms with Crippen LogP contribution in [0.5, 0.6) is 0 Å². The Kier molecular flexibility index (Phi) is 4.80. The van der Waals surface area contributed by atoms with Crippen molar-refractivity contribution in [2.24, 2.45) is 0 Å². The summed E-state index contributed by atoms with van der Waals surface area (Å²) in [5, 5.41) is 12.2. The molecule has 2 aromatic carbocycles. The van der Waals surface area contributed by atoms with Crippen LogP contribution >= 0.6 is 11.6 Å². The first kappa shape index (κ1) is 17.2. The predicted octanol–water partition coefficient (Wildman–Crippen LogP) is 5.20. The van der Waals surface area contributed by atoms with Gasteiger partial charge in [-0.25, -0.2) is 9.37 Å². The third-order valence-corrected chi connectivity index (χ3v) is 4.18. The molecule has 0 atom stereocenters. The van der Waals surface area contributed by atoms with Crippen LogP contribution in [0, 0.1) is 5.82 Å². The molecule has 1 N–H and O–H groups in total. The minimum atomic E-state index is -0.407. The van der Waals surface area contributed by atoms with E-state index in [1.54, 1.807) is 42.7 Å². The van der Waals surface area contributed by atoms with E-state index in [1.807, 2.05) is 18.2 Å². The Balaban J connectivity index is 1.75. The molecular formula is C20H14ClFN4O. The fourth-order valence-corrected chi connectivity index (χ4v) is 2.72. The molecule has 0 aliphatic carbocycles. The van der Waals surface area contributed by atoms with Crippen LogP contribution in [0.2, 0.25) is 5.02 Å². The number of anilines is 1. The molecule has 4 rings (SSSR count). The molecule has 0 radical (unpaired) electrons. The number of halogens is 2. The van der Waals surface area contributed by atoms with Crippen molar-refractivity contribution >= 4 is 17.4 Å². The molecule has 0 aliphatic rings. The van der Waals surface area contributed by atoms with E-state index < -0.39 is 5.82 Å². The Morgan fingerprint density at radius 3 is 2.52 bits per heavy atom. The molecule has 2 heterocycles. The minimum Gasteiger partial charge on any atom is -0.467 e. The lowest BCUT2D eigenvalue weighted by atomic mass is 10.1. The molecule has 0 spiro atoms. The Labute approximate surface area is 159 Å². The average molecular weight is 381 g/mol. The van der Waals surface area contributed by atoms with Gasteiger partial charge in [-0.2, -0.15) is 0 Å². The van der Waals surface area contributed by atoms with Gasteiger partial charge in [0.2, 0.25) is 0 Å². The van der Waals surface area contributed by atoms with Gasteiger partial charge < -0.3 is 9.73 Å². The fraction of sp³-hybridized carbons (Fsp3) is 0.0500. The van der Waals surface area contributed by atoms with Gasteiger partial charge >= 0.3 is 0 Å². The van der Waals surface area contributed by atoms with E-state index in [-0.39, 0.29) is 11.4 Å². The number of hydrogen-bond acceptors (Lipinski definition) is 5. The first-order valence-corrected chi connectivity index (χ1v) is 8.60. The smallest absolute Gasteiger partial charge is 0.186 e. The third-order valence-electron chi connectivity index (χ3n) is 3.93. The zero-order chi connectivity index (χ0) is 18.6. The molecule has 2 aromatic heterocycles. The van der Waals surface area contributed by atoms with Gasteiger partial charge in [0.25, 0.3) is 0 Å². The van der Waals surface area contributed by atoms with Crippen molar-refractivity contribution in [1.29, 1.82) is 0 Å². The lowest BCUT2D eigenvalue weighted by molar-refractivity contribution is 0.518. The number of rotatable bonds is 5. The molecule has 134 valence electrons. The number of aromatic nitrogens is 3. The molecule has 0 saturated heterocycles. The number of benzene rings is 2. The van der Waals surface area contributed by atoms with Gasteiger partial charge in [0.1, 0.15) is 17.3 Å². The summed E-state index contributed by atoms with van der Waals surface area (Å²) in [5.41, 5.74) is 1.62. The summed E-state index contributed by atoms with van der Waals surface area (Å²) in [6, 6.07) is 17.2. The molecule has 0 amide bonds. The zero-order valence-electron chi connectivity index (χ0n) is 14.1. The van der Waals surface area contributed by atoms with Crippen molar-refractivity contribution < 1.29 is 8.81 Å². The number of nitrogens with one attached hydrogen (secondary N) is 1. The van der Waals surface area contributed by atoms with E-state index in [4.69, 9.17) is 16.0 Å². The van der Waals surface area contributed by atoms with E-state index in [9.17, 15) is 4.39 Å². The highest BCUT2D eigenvalue weighted by Crippen LogP contribution is 2.28. The highest BCUT2D eigenvalue weighted by molar-refractivity contribution is 6.30. The van der Waals surface area contributed by atoms with Crippen LogP contribution in [0.3, 0.4) is 0 Å². The molecule has 0 bridgehead atoms. The maximum atomic E-state index is 14.1. The molecule has 0 saturated carbocycles. The van der Waals surface area contributed by atoms with Gasteiger partial charge in [-0.1, -0.05) is 35.9 Å². The van der Waals surface area contributed by atoms with Crippen LogP contribution in [0.25, 0.3) is 22.6 Å². The second kappa shape index (κ2) is 7.55. The number of hydrogen-bond donors (Lipinski definition) is 1. The molecular weight excluding hydrogens is 367 g/mol. The van der Waals surface area contributed by atoms with Crippen LogP contribution in [-0.2, 0) is 6.54 Å². The van der Waals surface area contributed by atoms with Gasteiger partial charge in [0.15, 0.2) is 11.6 Å². The summed E-state index contributed by atoms with van der Waals surface area (Å²) in [4.78, 5) is 4.50. The second-order valence-corrected chi connectivity index (χ2v) is 6.19. The van der Waals surface area contributed by atoms with Crippen molar-refractivity contribution in [2.75, 3.05) is 5.32 Å². The molecule has 0 fully saturated rings. The number of nitrogens with zero attached hydrogens (tertiary/aromatic N) is 3. The quantitative estimate of drug-likeness (QED) is 0.515. The molecule has 0 aliphatic heterocycles. The van der Waals surface area contributed by atoms with Gasteiger partial charge in [-0.05, 0) is 36.4 Å². The van der Waals surface area contributed by atoms with Crippen LogP contribution < -0.4 is 5.32 Å². The summed E-state index contributed by atoms with van der Waals surface area (Å²) < 4.78 is 19.5. The topological polar surface area (TPSA) is 63.8 Å². The van der Waals surface area contributed by atoms with E-state index in [0.717, 1.165) is 11.3 Å². The summed E-state index contributed by atoms with van der Waals surface area (Å²) in [6.45, 7) is 0.406. The van der Waals surface area contributed by atoms with Crippen molar-refractivity contribution in [1.82, 2.24) is 15.2 Å². The van der Waals surface area contributed by atoms with Crippen molar-refractivity contribution in [2.45, 2.75) is 6.54 Å². The Morgan fingerprint density at radius 1 is 0.963 bits per heavy atom. The van der Waals surface area contributed by atoms with E-state index in [1.165, 1.54) is 6.07 Å². The highest BCUT2D eigenvalue weighted by Gasteiger charge is 2.15. The van der Waals surface area contributed by atoms with Gasteiger partial charge in [0, 0.05) is 10.6 Å². The maximum Gasteiger partial charge on any atom is 0.186 e. The predicted molar refractivity (Wildman–Crippen MR) is 102 cm³/mol. The van der Waals surface area contributed by atoms with Crippen LogP contribution in [-0.4, -0.2) is 15.2 Å². The van der Waals surface area contributed by atoms with Gasteiger partial charge in [0.05, 0.1) is 18.4 Å². The molecule has 5 nitrogen and oxygen atoms in total. The Bertz CT molecular complexity index is 1050. The zero-order valence-corrected chi connectivity index (χ0v) is 14.8. The Hall–Kier alpha value is -3.25. The first-order chi connectivity index (χ1) is 13.2. The van der Waals surface area contributed by atoms with Crippen LogP contribution in [0.15, 0.2) is 71.3 Å². The Morgan fingerprint density at radius 2 is 1.78 bits per heavy atom. The summed E-state index contributed by atoms with van der Waals surface area (Å²) in [5.74, 6) is 1.01. The van der Waals surface area contributed by atoms with Crippen molar-refractivity contribution in [3.05, 3.63) is 83.5 Å². The van der Waals surface area contributed by atoms with E-state index in [2.05, 4.69) is 20.5 Å². The van der Waals surface area contributed by atoms with E-state index in [0.29, 0.717) is 23.1 Å². The summed E-state index contributed by atoms with van der Waals surface area (Å²) in [7, 11) is 0. The van der Waals surface area contributed by atoms with Crippen molar-refractivity contribution in [3.63, 3.8) is 0 Å². The standard InChI is InChI=1S/C20H14ClFN4O/c21-14-9-7-13(8-10-14)18-20(23-12-15-4-3-11-27-15)24-19(26-25-18)16-5-1-2-6-17(16)22/h1-11H,12H2,(H,23,24,26). The normalized spacial score (nSPS) is 10.7. The molecule has 4 aromatic rings. The second-order valence-electron chi connectivity index (χ2n) is 5.75. The lowest BCUT2D eigenvalue weighted by Gasteiger charge is -2.11. The monoisotopic (exact) mass is 380 g/mol. The molecule has 0 unspecified atom stereocenters. The highest BCUT2D eigenvalue weighted by atomic mass is 35.5. The van der Waals surface area contributed by atoms with E-state index >= 15 is 0 Å². The van der Waals surface area contributed by atoms with Crippen molar-refractivity contribution in [3.8, 4) is 22.6 Å². The van der Waals surface area contributed by atoms with Crippen LogP contribution in [0.1, 0.15) is 5.76 Å². The molecule has 27 heavy (non-hydrogen) atoms. The molecule has 7 heteroatoms. The minimum absolute atomic E-state index is 0.202. The first-order valence-electron chi connectivity index (χ1n) is 8.22. The summed E-state index contributed by atoms with van der Waals surface area (Å²) >= 11 is 5.97. The third kappa shape index (κ3) is 3.80. The number of furan rings is 1. The fourth-order valence-electron chi connectivity index (χ4n) is 2.59. The van der Waals surface area contributed by atoms with Gasteiger partial charge in [-0.15, -0.1) is 10.2 Å².